The highest BCUT2D eigenvalue weighted by molar-refractivity contribution is 14.0. The third-order valence-corrected chi connectivity index (χ3v) is 6.33. The third kappa shape index (κ3) is 6.65. The minimum absolute atomic E-state index is 0. The van der Waals surface area contributed by atoms with E-state index >= 15 is 0 Å². The maximum atomic E-state index is 12.5. The molecule has 0 bridgehead atoms. The zero-order valence-electron chi connectivity index (χ0n) is 18.0. The third-order valence-electron chi connectivity index (χ3n) is 4.41. The summed E-state index contributed by atoms with van der Waals surface area (Å²) in [6.45, 7) is 4.63. The van der Waals surface area contributed by atoms with Crippen LogP contribution in [0.15, 0.2) is 46.5 Å². The lowest BCUT2D eigenvalue weighted by molar-refractivity contribution is 0.0616. The number of halogens is 1. The molecule has 2 aromatic rings. The zero-order chi connectivity index (χ0) is 21.7. The second-order valence-electron chi connectivity index (χ2n) is 7.12. The van der Waals surface area contributed by atoms with Gasteiger partial charge in [-0.3, -0.25) is 4.68 Å². The molecule has 1 aromatic heterocycles. The van der Waals surface area contributed by atoms with Crippen LogP contribution in [-0.4, -0.2) is 60.8 Å². The Balaban J connectivity index is 0.00000450. The molecule has 0 aliphatic carbocycles. The molecule has 1 unspecified atom stereocenters. The van der Waals surface area contributed by atoms with E-state index in [1.807, 2.05) is 6.92 Å². The van der Waals surface area contributed by atoms with E-state index in [1.54, 1.807) is 55.3 Å². The van der Waals surface area contributed by atoms with E-state index in [0.717, 1.165) is 0 Å². The number of aliphatic hydroxyl groups is 1. The SMILES string of the molecule is CCNC(=NCc1ccccc1S(=O)(=O)N(C)C)NCC(C)(O)c1cnn(C)c1.I. The van der Waals surface area contributed by atoms with Crippen LogP contribution in [0, 0.1) is 0 Å². The standard InChI is InChI=1S/C19H30N6O3S.HI/c1-6-20-18(22-14-19(2,26)16-12-23-25(5)13-16)21-11-15-9-7-8-10-17(15)29(27,28)24(3)4;/h7-10,12-13,26H,6,11,14H2,1-5H3,(H2,20,21,22);1H. The van der Waals surface area contributed by atoms with Crippen molar-refractivity contribution in [1.29, 1.82) is 0 Å². The first kappa shape index (κ1) is 26.3. The summed E-state index contributed by atoms with van der Waals surface area (Å²) in [5.41, 5.74) is 0.138. The van der Waals surface area contributed by atoms with Crippen molar-refractivity contribution in [3.05, 3.63) is 47.8 Å². The van der Waals surface area contributed by atoms with Crippen molar-refractivity contribution in [3.63, 3.8) is 0 Å². The molecule has 0 saturated heterocycles. The van der Waals surface area contributed by atoms with Gasteiger partial charge in [-0.1, -0.05) is 18.2 Å². The number of aromatic nitrogens is 2. The van der Waals surface area contributed by atoms with E-state index in [2.05, 4.69) is 20.7 Å². The minimum atomic E-state index is -3.56. The Morgan fingerprint density at radius 1 is 1.30 bits per heavy atom. The van der Waals surface area contributed by atoms with Gasteiger partial charge in [0.25, 0.3) is 0 Å². The van der Waals surface area contributed by atoms with Crippen molar-refractivity contribution in [2.45, 2.75) is 30.9 Å². The summed E-state index contributed by atoms with van der Waals surface area (Å²) in [5.74, 6) is 0.480. The summed E-state index contributed by atoms with van der Waals surface area (Å²) in [6.07, 6.45) is 3.38. The summed E-state index contributed by atoms with van der Waals surface area (Å²) >= 11 is 0. The molecule has 9 nitrogen and oxygen atoms in total. The van der Waals surface area contributed by atoms with Crippen LogP contribution in [0.25, 0.3) is 0 Å². The largest absolute Gasteiger partial charge is 0.383 e. The number of benzene rings is 1. The first-order valence-corrected chi connectivity index (χ1v) is 10.8. The van der Waals surface area contributed by atoms with Crippen LogP contribution in [0.3, 0.4) is 0 Å². The molecule has 30 heavy (non-hydrogen) atoms. The van der Waals surface area contributed by atoms with Crippen molar-refractivity contribution in [2.75, 3.05) is 27.2 Å². The first-order valence-electron chi connectivity index (χ1n) is 9.32. The van der Waals surface area contributed by atoms with Gasteiger partial charge in [-0.25, -0.2) is 17.7 Å². The molecule has 0 fully saturated rings. The van der Waals surface area contributed by atoms with E-state index in [9.17, 15) is 13.5 Å². The van der Waals surface area contributed by atoms with Gasteiger partial charge in [0.05, 0.1) is 24.2 Å². The van der Waals surface area contributed by atoms with Gasteiger partial charge in [0, 0.05) is 39.4 Å². The van der Waals surface area contributed by atoms with E-state index < -0.39 is 15.6 Å². The van der Waals surface area contributed by atoms with Crippen LogP contribution in [0.2, 0.25) is 0 Å². The number of rotatable bonds is 8. The van der Waals surface area contributed by atoms with Gasteiger partial charge in [0.15, 0.2) is 5.96 Å². The quantitative estimate of drug-likeness (QED) is 0.259. The molecule has 2 rings (SSSR count). The van der Waals surface area contributed by atoms with Crippen LogP contribution >= 0.6 is 24.0 Å². The van der Waals surface area contributed by atoms with Crippen molar-refractivity contribution in [3.8, 4) is 0 Å². The van der Waals surface area contributed by atoms with Crippen molar-refractivity contribution >= 4 is 40.0 Å². The fourth-order valence-corrected chi connectivity index (χ4v) is 3.75. The predicted molar refractivity (Wildman–Crippen MR) is 128 cm³/mol. The summed E-state index contributed by atoms with van der Waals surface area (Å²) in [7, 11) is 1.23. The summed E-state index contributed by atoms with van der Waals surface area (Å²) in [4.78, 5) is 4.73. The van der Waals surface area contributed by atoms with Gasteiger partial charge in [0.1, 0.15) is 5.60 Å². The van der Waals surface area contributed by atoms with Crippen LogP contribution in [0.5, 0.6) is 0 Å². The van der Waals surface area contributed by atoms with E-state index in [0.29, 0.717) is 23.6 Å². The van der Waals surface area contributed by atoms with Gasteiger partial charge < -0.3 is 15.7 Å². The Hall–Kier alpha value is -1.70. The maximum Gasteiger partial charge on any atom is 0.242 e. The van der Waals surface area contributed by atoms with E-state index in [4.69, 9.17) is 0 Å². The lowest BCUT2D eigenvalue weighted by Gasteiger charge is -2.23. The monoisotopic (exact) mass is 550 g/mol. The van der Waals surface area contributed by atoms with Crippen LogP contribution in [0.4, 0.5) is 0 Å². The minimum Gasteiger partial charge on any atom is -0.383 e. The molecule has 1 heterocycles. The highest BCUT2D eigenvalue weighted by atomic mass is 127. The molecule has 0 aliphatic heterocycles. The Kier molecular flexibility index (Phi) is 9.72. The number of nitrogens with one attached hydrogen (secondary N) is 2. The molecule has 0 radical (unpaired) electrons. The topological polar surface area (TPSA) is 112 Å². The molecule has 0 aliphatic rings. The summed E-state index contributed by atoms with van der Waals surface area (Å²) in [5, 5.41) is 21.0. The van der Waals surface area contributed by atoms with Gasteiger partial charge in [0.2, 0.25) is 10.0 Å². The lowest BCUT2D eigenvalue weighted by atomic mass is 10.00. The van der Waals surface area contributed by atoms with Gasteiger partial charge >= 0.3 is 0 Å². The number of sulfonamides is 1. The maximum absolute atomic E-state index is 12.5. The Bertz CT molecular complexity index is 957. The van der Waals surface area contributed by atoms with Crippen LogP contribution < -0.4 is 10.6 Å². The van der Waals surface area contributed by atoms with Gasteiger partial charge in [-0.15, -0.1) is 24.0 Å². The molecule has 1 atom stereocenters. The summed E-state index contributed by atoms with van der Waals surface area (Å²) < 4.78 is 27.9. The van der Waals surface area contributed by atoms with Crippen molar-refractivity contribution < 1.29 is 13.5 Å². The van der Waals surface area contributed by atoms with Crippen molar-refractivity contribution in [1.82, 2.24) is 24.7 Å². The fraction of sp³-hybridized carbons (Fsp3) is 0.474. The highest BCUT2D eigenvalue weighted by Crippen LogP contribution is 2.20. The normalized spacial score (nSPS) is 14.2. The molecule has 0 amide bonds. The predicted octanol–water partition coefficient (Wildman–Crippen LogP) is 1.25. The lowest BCUT2D eigenvalue weighted by Crippen LogP contribution is -2.44. The molecule has 3 N–H and O–H groups in total. The second-order valence-corrected chi connectivity index (χ2v) is 9.24. The van der Waals surface area contributed by atoms with E-state index in [1.165, 1.54) is 18.4 Å². The number of aryl methyl sites for hydroxylation is 1. The number of guanidine groups is 1. The smallest absolute Gasteiger partial charge is 0.242 e. The average Bonchev–Trinajstić information content (AvgIpc) is 3.11. The van der Waals surface area contributed by atoms with E-state index in [-0.39, 0.29) is 42.0 Å². The summed E-state index contributed by atoms with van der Waals surface area (Å²) in [6, 6.07) is 6.80. The van der Waals surface area contributed by atoms with Gasteiger partial charge in [-0.2, -0.15) is 5.10 Å². The van der Waals surface area contributed by atoms with Gasteiger partial charge in [-0.05, 0) is 25.5 Å². The molecule has 0 saturated carbocycles. The Morgan fingerprint density at radius 3 is 2.53 bits per heavy atom. The Morgan fingerprint density at radius 2 is 1.97 bits per heavy atom. The van der Waals surface area contributed by atoms with Crippen molar-refractivity contribution in [2.24, 2.45) is 12.0 Å². The molecule has 1 aromatic carbocycles. The first-order chi connectivity index (χ1) is 13.6. The number of nitrogens with zero attached hydrogens (tertiary/aromatic N) is 4. The van der Waals surface area contributed by atoms with Crippen LogP contribution in [0.1, 0.15) is 25.0 Å². The Labute approximate surface area is 195 Å². The average molecular weight is 550 g/mol. The second kappa shape index (κ2) is 11.1. The number of aliphatic imine (C=N–C) groups is 1. The highest BCUT2D eigenvalue weighted by Gasteiger charge is 2.25. The molecular weight excluding hydrogens is 519 g/mol. The van der Waals surface area contributed by atoms with Crippen LogP contribution in [-0.2, 0) is 29.2 Å². The molecular formula is C19H31IN6O3S. The molecule has 0 spiro atoms. The number of hydrogen-bond donors (Lipinski definition) is 3. The zero-order valence-corrected chi connectivity index (χ0v) is 21.1. The molecule has 168 valence electrons. The molecule has 11 heteroatoms. The number of hydrogen-bond acceptors (Lipinski definition) is 5. The fourth-order valence-electron chi connectivity index (χ4n) is 2.65.